The molecular formula is C14H15N3O2. The van der Waals surface area contributed by atoms with Crippen molar-refractivity contribution in [3.8, 4) is 11.5 Å². The molecule has 5 heteroatoms. The number of ether oxygens (including phenoxy) is 1. The number of hydrogen-bond donors (Lipinski definition) is 3. The molecule has 0 atom stereocenters. The maximum atomic E-state index is 11.1. The van der Waals surface area contributed by atoms with Crippen molar-refractivity contribution in [1.29, 1.82) is 0 Å². The van der Waals surface area contributed by atoms with Crippen LogP contribution in [-0.4, -0.2) is 12.5 Å². The summed E-state index contributed by atoms with van der Waals surface area (Å²) < 4.78 is 5.63. The Balaban J connectivity index is 2.04. The summed E-state index contributed by atoms with van der Waals surface area (Å²) in [7, 11) is 0. The fraction of sp³-hybridized carbons (Fsp3) is 0.0714. The van der Waals surface area contributed by atoms with Gasteiger partial charge in [-0.2, -0.15) is 0 Å². The van der Waals surface area contributed by atoms with E-state index in [2.05, 4.69) is 5.32 Å². The van der Waals surface area contributed by atoms with Gasteiger partial charge in [-0.15, -0.1) is 0 Å². The van der Waals surface area contributed by atoms with Gasteiger partial charge in [0.2, 0.25) is 5.91 Å². The Morgan fingerprint density at radius 2 is 1.84 bits per heavy atom. The Morgan fingerprint density at radius 3 is 2.47 bits per heavy atom. The van der Waals surface area contributed by atoms with Crippen molar-refractivity contribution in [2.24, 2.45) is 5.73 Å². The predicted octanol–water partition coefficient (Wildman–Crippen LogP) is 1.96. The summed E-state index contributed by atoms with van der Waals surface area (Å²) in [6, 6.07) is 14.2. The van der Waals surface area contributed by atoms with E-state index in [4.69, 9.17) is 16.2 Å². The molecule has 1 amide bonds. The van der Waals surface area contributed by atoms with Gasteiger partial charge in [0.25, 0.3) is 0 Å². The molecule has 5 nitrogen and oxygen atoms in total. The number of hydrogen-bond acceptors (Lipinski definition) is 4. The van der Waals surface area contributed by atoms with Crippen LogP contribution in [0, 0.1) is 0 Å². The Kier molecular flexibility index (Phi) is 4.00. The summed E-state index contributed by atoms with van der Waals surface area (Å²) in [5.74, 6) is 1.10. The first kappa shape index (κ1) is 12.9. The molecule has 2 aromatic carbocycles. The first-order chi connectivity index (χ1) is 9.17. The lowest BCUT2D eigenvalue weighted by atomic mass is 10.3. The molecule has 0 fully saturated rings. The summed E-state index contributed by atoms with van der Waals surface area (Å²) in [4.78, 5) is 11.1. The minimum atomic E-state index is -0.232. The molecule has 2 aromatic rings. The number of carbonyl (C=O) groups excluding carboxylic acids is 1. The molecule has 0 aliphatic rings. The topological polar surface area (TPSA) is 90.4 Å². The van der Waals surface area contributed by atoms with Crippen LogP contribution >= 0.6 is 0 Å². The first-order valence-corrected chi connectivity index (χ1v) is 5.81. The zero-order chi connectivity index (χ0) is 13.7. The molecule has 0 unspecified atom stereocenters. The molecule has 2 rings (SSSR count). The van der Waals surface area contributed by atoms with Crippen molar-refractivity contribution >= 4 is 17.3 Å². The molecular weight excluding hydrogens is 242 g/mol. The van der Waals surface area contributed by atoms with Gasteiger partial charge in [-0.3, -0.25) is 4.79 Å². The van der Waals surface area contributed by atoms with Crippen LogP contribution in [0.3, 0.4) is 0 Å². The van der Waals surface area contributed by atoms with Crippen LogP contribution in [0.2, 0.25) is 0 Å². The lowest BCUT2D eigenvalue weighted by Crippen LogP contribution is -2.21. The second-order valence-electron chi connectivity index (χ2n) is 3.95. The monoisotopic (exact) mass is 257 g/mol. The normalized spacial score (nSPS) is 9.95. The largest absolute Gasteiger partial charge is 0.457 e. The highest BCUT2D eigenvalue weighted by Gasteiger charge is 2.01. The molecule has 0 aromatic heterocycles. The Bertz CT molecular complexity index is 567. The summed E-state index contributed by atoms with van der Waals surface area (Å²) in [6.45, 7) is -0.0401. The molecule has 0 aliphatic heterocycles. The number of rotatable bonds is 4. The van der Waals surface area contributed by atoms with E-state index in [-0.39, 0.29) is 12.5 Å². The van der Waals surface area contributed by atoms with Crippen molar-refractivity contribution in [1.82, 2.24) is 0 Å². The SMILES string of the molecule is NCC(=O)Nc1ccc(Oc2cccc(N)c2)cc1. The van der Waals surface area contributed by atoms with E-state index in [9.17, 15) is 4.79 Å². The van der Waals surface area contributed by atoms with E-state index in [1.165, 1.54) is 0 Å². The van der Waals surface area contributed by atoms with E-state index in [1.54, 1.807) is 36.4 Å². The number of nitrogens with two attached hydrogens (primary N) is 2. The Hall–Kier alpha value is -2.53. The van der Waals surface area contributed by atoms with Gasteiger partial charge >= 0.3 is 0 Å². The summed E-state index contributed by atoms with van der Waals surface area (Å²) in [5.41, 5.74) is 12.2. The van der Waals surface area contributed by atoms with Crippen LogP contribution in [0.25, 0.3) is 0 Å². The van der Waals surface area contributed by atoms with Gasteiger partial charge in [0.15, 0.2) is 0 Å². The Labute approximate surface area is 111 Å². The van der Waals surface area contributed by atoms with Gasteiger partial charge in [-0.25, -0.2) is 0 Å². The van der Waals surface area contributed by atoms with E-state index in [1.807, 2.05) is 12.1 Å². The maximum Gasteiger partial charge on any atom is 0.238 e. The van der Waals surface area contributed by atoms with Crippen LogP contribution in [0.15, 0.2) is 48.5 Å². The molecule has 0 saturated carbocycles. The Morgan fingerprint density at radius 1 is 1.11 bits per heavy atom. The third-order valence-electron chi connectivity index (χ3n) is 2.42. The minimum Gasteiger partial charge on any atom is -0.457 e. The minimum absolute atomic E-state index is 0.0401. The molecule has 0 saturated heterocycles. The highest BCUT2D eigenvalue weighted by molar-refractivity contribution is 5.92. The van der Waals surface area contributed by atoms with Crippen molar-refractivity contribution in [3.63, 3.8) is 0 Å². The number of nitrogens with one attached hydrogen (secondary N) is 1. The third-order valence-corrected chi connectivity index (χ3v) is 2.42. The van der Waals surface area contributed by atoms with Gasteiger partial charge in [-0.05, 0) is 36.4 Å². The second kappa shape index (κ2) is 5.88. The molecule has 0 radical (unpaired) electrons. The van der Waals surface area contributed by atoms with Gasteiger partial charge in [0, 0.05) is 17.4 Å². The maximum absolute atomic E-state index is 11.1. The molecule has 0 bridgehead atoms. The molecule has 98 valence electrons. The number of nitrogen functional groups attached to an aromatic ring is 1. The number of anilines is 2. The second-order valence-corrected chi connectivity index (χ2v) is 3.95. The lowest BCUT2D eigenvalue weighted by molar-refractivity contribution is -0.114. The smallest absolute Gasteiger partial charge is 0.238 e. The molecule has 0 spiro atoms. The third kappa shape index (κ3) is 3.72. The average molecular weight is 257 g/mol. The number of amides is 1. The van der Waals surface area contributed by atoms with E-state index >= 15 is 0 Å². The van der Waals surface area contributed by atoms with Gasteiger partial charge in [-0.1, -0.05) is 6.07 Å². The number of carbonyl (C=O) groups is 1. The summed E-state index contributed by atoms with van der Waals surface area (Å²) in [5, 5.41) is 2.65. The van der Waals surface area contributed by atoms with Crippen LogP contribution in [-0.2, 0) is 4.79 Å². The standard InChI is InChI=1S/C14H15N3O2/c15-9-14(18)17-11-4-6-12(7-5-11)19-13-3-1-2-10(16)8-13/h1-8H,9,15-16H2,(H,17,18). The van der Waals surface area contributed by atoms with Crippen LogP contribution in [0.1, 0.15) is 0 Å². The highest BCUT2D eigenvalue weighted by atomic mass is 16.5. The molecule has 19 heavy (non-hydrogen) atoms. The van der Waals surface area contributed by atoms with Gasteiger partial charge in [0.1, 0.15) is 11.5 Å². The molecule has 0 heterocycles. The number of benzene rings is 2. The lowest BCUT2D eigenvalue weighted by Gasteiger charge is -2.08. The summed E-state index contributed by atoms with van der Waals surface area (Å²) >= 11 is 0. The fourth-order valence-corrected chi connectivity index (χ4v) is 1.53. The highest BCUT2D eigenvalue weighted by Crippen LogP contribution is 2.24. The van der Waals surface area contributed by atoms with E-state index in [0.29, 0.717) is 22.9 Å². The van der Waals surface area contributed by atoms with Crippen molar-refractivity contribution < 1.29 is 9.53 Å². The van der Waals surface area contributed by atoms with E-state index < -0.39 is 0 Å². The van der Waals surface area contributed by atoms with Crippen molar-refractivity contribution in [3.05, 3.63) is 48.5 Å². The van der Waals surface area contributed by atoms with Crippen molar-refractivity contribution in [2.75, 3.05) is 17.6 Å². The fourth-order valence-electron chi connectivity index (χ4n) is 1.53. The van der Waals surface area contributed by atoms with Crippen molar-refractivity contribution in [2.45, 2.75) is 0 Å². The van der Waals surface area contributed by atoms with Gasteiger partial charge < -0.3 is 21.5 Å². The predicted molar refractivity (Wildman–Crippen MR) is 75.1 cm³/mol. The van der Waals surface area contributed by atoms with Crippen LogP contribution < -0.4 is 21.5 Å². The zero-order valence-corrected chi connectivity index (χ0v) is 10.3. The molecule has 0 aliphatic carbocycles. The molecule has 5 N–H and O–H groups in total. The van der Waals surface area contributed by atoms with Gasteiger partial charge in [0.05, 0.1) is 6.54 Å². The quantitative estimate of drug-likeness (QED) is 0.730. The summed E-state index contributed by atoms with van der Waals surface area (Å²) in [6.07, 6.45) is 0. The first-order valence-electron chi connectivity index (χ1n) is 5.81. The zero-order valence-electron chi connectivity index (χ0n) is 10.3. The average Bonchev–Trinajstić information content (AvgIpc) is 2.41. The van der Waals surface area contributed by atoms with E-state index in [0.717, 1.165) is 0 Å². The van der Waals surface area contributed by atoms with Crippen LogP contribution in [0.5, 0.6) is 11.5 Å². The van der Waals surface area contributed by atoms with Crippen LogP contribution in [0.4, 0.5) is 11.4 Å².